The van der Waals surface area contributed by atoms with Crippen molar-refractivity contribution in [1.82, 2.24) is 5.32 Å². The van der Waals surface area contributed by atoms with Gasteiger partial charge in [-0.25, -0.2) is 0 Å². The number of fused-ring (bicyclic) bond motifs is 1. The number of amides is 1. The zero-order chi connectivity index (χ0) is 23.4. The van der Waals surface area contributed by atoms with Gasteiger partial charge in [-0.05, 0) is 52.8 Å². The lowest BCUT2D eigenvalue weighted by atomic mass is 9.62. The maximum atomic E-state index is 12.1. The zero-order valence-electron chi connectivity index (χ0n) is 19.7. The summed E-state index contributed by atoms with van der Waals surface area (Å²) < 4.78 is 13.2. The smallest absolute Gasteiger partial charge is 0.239 e. The summed E-state index contributed by atoms with van der Waals surface area (Å²) in [4.78, 5) is 12.1. The van der Waals surface area contributed by atoms with Crippen molar-refractivity contribution in [2.24, 2.45) is 0 Å². The number of ether oxygens (including phenoxy) is 2. The standard InChI is InChI=1S/C27H31NO3S2/c1-25(2)11-12-26(3,4)21-16-19(9-10-20(21)25)27(30-13-14-31-27)18-7-5-17(6-8-18)15-22-23(29)28-24(32)33-22/h5-10,16,22H,11-15H2,1-4H3,(H,28,29,32). The van der Waals surface area contributed by atoms with E-state index in [4.69, 9.17) is 21.7 Å². The van der Waals surface area contributed by atoms with Crippen LogP contribution in [0.25, 0.3) is 0 Å². The Morgan fingerprint density at radius 1 is 0.939 bits per heavy atom. The van der Waals surface area contributed by atoms with Gasteiger partial charge in [0, 0.05) is 11.1 Å². The predicted octanol–water partition coefficient (Wildman–Crippen LogP) is 5.34. The molecule has 1 amide bonds. The van der Waals surface area contributed by atoms with Gasteiger partial charge in [0.05, 0.1) is 18.5 Å². The highest BCUT2D eigenvalue weighted by Gasteiger charge is 2.43. The van der Waals surface area contributed by atoms with E-state index in [1.807, 2.05) is 0 Å². The Labute approximate surface area is 205 Å². The monoisotopic (exact) mass is 481 g/mol. The summed E-state index contributed by atoms with van der Waals surface area (Å²) >= 11 is 6.55. The van der Waals surface area contributed by atoms with Crippen molar-refractivity contribution in [3.8, 4) is 0 Å². The van der Waals surface area contributed by atoms with Gasteiger partial charge in [0.2, 0.25) is 11.7 Å². The highest BCUT2D eigenvalue weighted by atomic mass is 32.2. The molecule has 0 radical (unpaired) electrons. The molecule has 1 N–H and O–H groups in total. The van der Waals surface area contributed by atoms with Gasteiger partial charge in [0.15, 0.2) is 0 Å². The first kappa shape index (κ1) is 23.0. The van der Waals surface area contributed by atoms with E-state index in [9.17, 15) is 4.79 Å². The maximum Gasteiger partial charge on any atom is 0.239 e. The quantitative estimate of drug-likeness (QED) is 0.597. The lowest BCUT2D eigenvalue weighted by Crippen LogP contribution is -2.35. The molecule has 0 spiro atoms. The second-order valence-corrected chi connectivity index (χ2v) is 12.5. The number of rotatable bonds is 4. The van der Waals surface area contributed by atoms with E-state index in [-0.39, 0.29) is 22.0 Å². The molecule has 1 unspecified atom stereocenters. The number of thiocarbonyl (C=S) groups is 1. The first-order valence-corrected chi connectivity index (χ1v) is 12.9. The molecule has 0 aromatic heterocycles. The van der Waals surface area contributed by atoms with Gasteiger partial charge in [-0.1, -0.05) is 88.1 Å². The third-order valence-electron chi connectivity index (χ3n) is 7.45. The molecule has 2 saturated heterocycles. The second-order valence-electron chi connectivity index (χ2n) is 10.6. The molecule has 33 heavy (non-hydrogen) atoms. The van der Waals surface area contributed by atoms with Crippen molar-refractivity contribution in [1.29, 1.82) is 0 Å². The van der Waals surface area contributed by atoms with Crippen molar-refractivity contribution in [3.05, 3.63) is 70.3 Å². The molecule has 1 atom stereocenters. The van der Waals surface area contributed by atoms with Gasteiger partial charge < -0.3 is 14.8 Å². The molecule has 2 fully saturated rings. The van der Waals surface area contributed by atoms with Crippen LogP contribution in [0.4, 0.5) is 0 Å². The van der Waals surface area contributed by atoms with Crippen LogP contribution in [-0.4, -0.2) is 28.7 Å². The SMILES string of the molecule is CC1(C)CCC(C)(C)c2cc(C3(c4ccc(CC5SC(=S)NC5=O)cc4)OCCO3)ccc21. The number of nitrogens with one attached hydrogen (secondary N) is 1. The van der Waals surface area contributed by atoms with E-state index in [0.717, 1.165) is 23.1 Å². The predicted molar refractivity (Wildman–Crippen MR) is 137 cm³/mol. The summed E-state index contributed by atoms with van der Waals surface area (Å²) in [5.74, 6) is -0.903. The largest absolute Gasteiger partial charge is 0.340 e. The van der Waals surface area contributed by atoms with Gasteiger partial charge in [-0.3, -0.25) is 4.79 Å². The van der Waals surface area contributed by atoms with Crippen LogP contribution in [0, 0.1) is 0 Å². The molecule has 5 rings (SSSR count). The van der Waals surface area contributed by atoms with E-state index in [1.165, 1.54) is 29.3 Å². The lowest BCUT2D eigenvalue weighted by Gasteiger charge is -2.42. The molecule has 0 bridgehead atoms. The van der Waals surface area contributed by atoms with Gasteiger partial charge in [0.1, 0.15) is 4.32 Å². The molecule has 3 aliphatic rings. The molecule has 6 heteroatoms. The van der Waals surface area contributed by atoms with E-state index in [1.54, 1.807) is 0 Å². The van der Waals surface area contributed by atoms with E-state index in [2.05, 4.69) is 75.5 Å². The van der Waals surface area contributed by atoms with E-state index in [0.29, 0.717) is 24.0 Å². The number of hydrogen-bond acceptors (Lipinski definition) is 5. The highest BCUT2D eigenvalue weighted by molar-refractivity contribution is 8.24. The number of carbonyl (C=O) groups is 1. The average molecular weight is 482 g/mol. The summed E-state index contributed by atoms with van der Waals surface area (Å²) in [6, 6.07) is 15.1. The number of carbonyl (C=O) groups excluding carboxylic acids is 1. The minimum absolute atomic E-state index is 0.00685. The summed E-state index contributed by atoms with van der Waals surface area (Å²) in [5.41, 5.74) is 6.23. The molecule has 2 aliphatic heterocycles. The molecule has 0 saturated carbocycles. The minimum Gasteiger partial charge on any atom is -0.340 e. The van der Waals surface area contributed by atoms with E-state index < -0.39 is 5.79 Å². The summed E-state index contributed by atoms with van der Waals surface area (Å²) in [6.45, 7) is 10.5. The summed E-state index contributed by atoms with van der Waals surface area (Å²) in [5, 5.41) is 2.56. The first-order chi connectivity index (χ1) is 15.6. The Hall–Kier alpha value is -1.73. The Kier molecular flexibility index (Phi) is 5.72. The minimum atomic E-state index is -0.897. The van der Waals surface area contributed by atoms with Crippen molar-refractivity contribution in [2.75, 3.05) is 13.2 Å². The molecule has 2 heterocycles. The van der Waals surface area contributed by atoms with Gasteiger partial charge in [-0.2, -0.15) is 0 Å². The molecule has 2 aromatic carbocycles. The Morgan fingerprint density at radius 3 is 2.15 bits per heavy atom. The maximum absolute atomic E-state index is 12.1. The third-order valence-corrected chi connectivity index (χ3v) is 8.82. The summed E-state index contributed by atoms with van der Waals surface area (Å²) in [7, 11) is 0. The fourth-order valence-electron chi connectivity index (χ4n) is 5.31. The molecular formula is C27H31NO3S2. The molecule has 4 nitrogen and oxygen atoms in total. The fraction of sp³-hybridized carbons (Fsp3) is 0.481. The molecule has 2 aromatic rings. The van der Waals surface area contributed by atoms with Crippen LogP contribution >= 0.6 is 24.0 Å². The van der Waals surface area contributed by atoms with Crippen LogP contribution < -0.4 is 5.32 Å². The van der Waals surface area contributed by atoms with Crippen molar-refractivity contribution >= 4 is 34.2 Å². The average Bonchev–Trinajstić information content (AvgIpc) is 3.39. The number of hydrogen-bond donors (Lipinski definition) is 1. The fourth-order valence-corrected chi connectivity index (χ4v) is 6.62. The zero-order valence-corrected chi connectivity index (χ0v) is 21.3. The summed E-state index contributed by atoms with van der Waals surface area (Å²) in [6.07, 6.45) is 3.00. The normalized spacial score (nSPS) is 25.0. The molecular weight excluding hydrogens is 450 g/mol. The van der Waals surface area contributed by atoms with Gasteiger partial charge >= 0.3 is 0 Å². The van der Waals surface area contributed by atoms with Crippen molar-refractivity contribution in [3.63, 3.8) is 0 Å². The van der Waals surface area contributed by atoms with E-state index >= 15 is 0 Å². The molecule has 1 aliphatic carbocycles. The van der Waals surface area contributed by atoms with Gasteiger partial charge in [-0.15, -0.1) is 0 Å². The number of benzene rings is 2. The van der Waals surface area contributed by atoms with Crippen molar-refractivity contribution < 1.29 is 14.3 Å². The van der Waals surface area contributed by atoms with Crippen LogP contribution in [0.3, 0.4) is 0 Å². The highest BCUT2D eigenvalue weighted by Crippen LogP contribution is 2.48. The Balaban J connectivity index is 1.49. The van der Waals surface area contributed by atoms with Gasteiger partial charge in [0.25, 0.3) is 0 Å². The number of thioether (sulfide) groups is 1. The van der Waals surface area contributed by atoms with Crippen LogP contribution in [0.2, 0.25) is 0 Å². The molecule has 174 valence electrons. The van der Waals surface area contributed by atoms with Crippen LogP contribution in [0.5, 0.6) is 0 Å². The third kappa shape index (κ3) is 4.05. The Morgan fingerprint density at radius 2 is 1.55 bits per heavy atom. The topological polar surface area (TPSA) is 47.6 Å². The lowest BCUT2D eigenvalue weighted by molar-refractivity contribution is -0.130. The van der Waals surface area contributed by atoms with Crippen LogP contribution in [0.1, 0.15) is 68.4 Å². The van der Waals surface area contributed by atoms with Crippen LogP contribution in [0.15, 0.2) is 42.5 Å². The Bertz CT molecular complexity index is 1100. The van der Waals surface area contributed by atoms with Crippen LogP contribution in [-0.2, 0) is 37.3 Å². The van der Waals surface area contributed by atoms with Crippen molar-refractivity contribution in [2.45, 2.75) is 68.8 Å². The first-order valence-electron chi connectivity index (χ1n) is 11.7. The second kappa shape index (κ2) is 8.19.